The second-order valence-corrected chi connectivity index (χ2v) is 9.41. The maximum absolute atomic E-state index is 13.2. The van der Waals surface area contributed by atoms with Crippen LogP contribution in [-0.2, 0) is 14.8 Å². The first-order valence-corrected chi connectivity index (χ1v) is 11.1. The molecule has 0 aliphatic carbocycles. The largest absolute Gasteiger partial charge is 0.324 e. The molecule has 154 valence electrons. The lowest BCUT2D eigenvalue weighted by molar-refractivity contribution is -0.120. The Kier molecular flexibility index (Phi) is 6.19. The van der Waals surface area contributed by atoms with Crippen molar-refractivity contribution >= 4 is 27.4 Å². The molecule has 1 aliphatic heterocycles. The fourth-order valence-electron chi connectivity index (χ4n) is 3.54. The number of hydrogen-bond acceptors (Lipinski definition) is 4. The summed E-state index contributed by atoms with van der Waals surface area (Å²) in [4.78, 5) is 24.6. The van der Waals surface area contributed by atoms with Gasteiger partial charge in [-0.2, -0.15) is 4.31 Å². The molecule has 0 saturated carbocycles. The van der Waals surface area contributed by atoms with Gasteiger partial charge in [0.15, 0.2) is 5.78 Å². The van der Waals surface area contributed by atoms with Crippen molar-refractivity contribution in [3.05, 3.63) is 59.2 Å². The monoisotopic (exact) mass is 414 g/mol. The number of Topliss-reactive ketones (excluding diaryl/α,β-unsaturated/α-hetero) is 1. The third kappa shape index (κ3) is 4.57. The van der Waals surface area contributed by atoms with Gasteiger partial charge in [-0.1, -0.05) is 30.7 Å². The summed E-state index contributed by atoms with van der Waals surface area (Å²) in [5.74, 6) is -0.444. The van der Waals surface area contributed by atoms with E-state index in [-0.39, 0.29) is 16.6 Å². The SMILES string of the molecule is CC(=O)c1ccc(S(=O)(=O)N2CCCCC2C(=O)Nc2cc(C)ccc2C)cc1. The van der Waals surface area contributed by atoms with E-state index >= 15 is 0 Å². The molecule has 7 heteroatoms. The molecule has 3 rings (SSSR count). The summed E-state index contributed by atoms with van der Waals surface area (Å²) in [5.41, 5.74) is 3.09. The number of benzene rings is 2. The van der Waals surface area contributed by atoms with E-state index in [1.807, 2.05) is 32.0 Å². The Hall–Kier alpha value is -2.51. The highest BCUT2D eigenvalue weighted by Crippen LogP contribution is 2.27. The maximum Gasteiger partial charge on any atom is 0.243 e. The highest BCUT2D eigenvalue weighted by atomic mass is 32.2. The predicted molar refractivity (Wildman–Crippen MR) is 113 cm³/mol. The third-order valence-electron chi connectivity index (χ3n) is 5.27. The number of amides is 1. The summed E-state index contributed by atoms with van der Waals surface area (Å²) in [5, 5.41) is 2.91. The number of carbonyl (C=O) groups is 2. The molecule has 0 aromatic heterocycles. The quantitative estimate of drug-likeness (QED) is 0.757. The minimum absolute atomic E-state index is 0.0916. The lowest BCUT2D eigenvalue weighted by atomic mass is 10.0. The number of carbonyl (C=O) groups excluding carboxylic acids is 2. The fourth-order valence-corrected chi connectivity index (χ4v) is 5.19. The van der Waals surface area contributed by atoms with E-state index < -0.39 is 16.1 Å². The zero-order valence-corrected chi connectivity index (χ0v) is 17.8. The molecule has 1 heterocycles. The average Bonchev–Trinajstić information content (AvgIpc) is 2.70. The van der Waals surface area contributed by atoms with Gasteiger partial charge in [0.05, 0.1) is 4.90 Å². The summed E-state index contributed by atoms with van der Waals surface area (Å²) in [6.07, 6.45) is 1.97. The Bertz CT molecular complexity index is 1030. The van der Waals surface area contributed by atoms with Crippen molar-refractivity contribution < 1.29 is 18.0 Å². The molecule has 2 aromatic carbocycles. The van der Waals surface area contributed by atoms with Gasteiger partial charge in [-0.15, -0.1) is 0 Å². The number of ketones is 1. The van der Waals surface area contributed by atoms with Crippen molar-refractivity contribution in [3.8, 4) is 0 Å². The molecule has 1 fully saturated rings. The van der Waals surface area contributed by atoms with E-state index in [0.29, 0.717) is 30.6 Å². The Morgan fingerprint density at radius 3 is 2.38 bits per heavy atom. The fraction of sp³-hybridized carbons (Fsp3) is 0.364. The molecular formula is C22H26N2O4S. The molecule has 1 saturated heterocycles. The first-order valence-electron chi connectivity index (χ1n) is 9.71. The molecule has 1 atom stereocenters. The van der Waals surface area contributed by atoms with Crippen LogP contribution in [0, 0.1) is 13.8 Å². The van der Waals surface area contributed by atoms with Gasteiger partial charge in [-0.05, 0) is 62.9 Å². The van der Waals surface area contributed by atoms with Gasteiger partial charge in [-0.25, -0.2) is 8.42 Å². The van der Waals surface area contributed by atoms with Gasteiger partial charge in [0.2, 0.25) is 15.9 Å². The van der Waals surface area contributed by atoms with Gasteiger partial charge < -0.3 is 5.32 Å². The van der Waals surface area contributed by atoms with Crippen LogP contribution in [0.25, 0.3) is 0 Å². The van der Waals surface area contributed by atoms with Crippen LogP contribution in [-0.4, -0.2) is 37.0 Å². The number of nitrogens with zero attached hydrogens (tertiary/aromatic N) is 1. The van der Waals surface area contributed by atoms with Crippen LogP contribution in [0.5, 0.6) is 0 Å². The van der Waals surface area contributed by atoms with Gasteiger partial charge in [0.1, 0.15) is 6.04 Å². The van der Waals surface area contributed by atoms with Crippen LogP contribution in [0.1, 0.15) is 47.7 Å². The van der Waals surface area contributed by atoms with Gasteiger partial charge in [0.25, 0.3) is 0 Å². The molecule has 29 heavy (non-hydrogen) atoms. The van der Waals surface area contributed by atoms with E-state index in [2.05, 4.69) is 5.32 Å². The molecule has 6 nitrogen and oxygen atoms in total. The average molecular weight is 415 g/mol. The van der Waals surface area contributed by atoms with E-state index in [4.69, 9.17) is 0 Å². The van der Waals surface area contributed by atoms with Crippen molar-refractivity contribution in [1.82, 2.24) is 4.31 Å². The van der Waals surface area contributed by atoms with Crippen LogP contribution >= 0.6 is 0 Å². The molecule has 2 aromatic rings. The number of aryl methyl sites for hydroxylation is 2. The van der Waals surface area contributed by atoms with Crippen molar-refractivity contribution in [2.75, 3.05) is 11.9 Å². The molecule has 0 radical (unpaired) electrons. The smallest absolute Gasteiger partial charge is 0.243 e. The van der Waals surface area contributed by atoms with E-state index in [1.165, 1.54) is 35.5 Å². The molecular weight excluding hydrogens is 388 g/mol. The lowest BCUT2D eigenvalue weighted by Crippen LogP contribution is -2.49. The summed E-state index contributed by atoms with van der Waals surface area (Å²) in [6.45, 7) is 5.57. The van der Waals surface area contributed by atoms with Crippen molar-refractivity contribution in [2.45, 2.75) is 51.0 Å². The Labute approximate surface area is 172 Å². The summed E-state index contributed by atoms with van der Waals surface area (Å²) < 4.78 is 27.7. The molecule has 1 aliphatic rings. The second kappa shape index (κ2) is 8.47. The minimum Gasteiger partial charge on any atom is -0.324 e. The summed E-state index contributed by atoms with van der Waals surface area (Å²) >= 11 is 0. The zero-order valence-electron chi connectivity index (χ0n) is 16.9. The van der Waals surface area contributed by atoms with Gasteiger partial charge in [-0.3, -0.25) is 9.59 Å². The standard InChI is InChI=1S/C22H26N2O4S/c1-15-7-8-16(2)20(14-15)23-22(26)21-6-4-5-13-24(21)29(27,28)19-11-9-18(10-12-19)17(3)25/h7-12,14,21H,4-6,13H2,1-3H3,(H,23,26). The maximum atomic E-state index is 13.2. The molecule has 1 N–H and O–H groups in total. The zero-order chi connectivity index (χ0) is 21.2. The topological polar surface area (TPSA) is 83.6 Å². The molecule has 0 spiro atoms. The first-order chi connectivity index (χ1) is 13.7. The van der Waals surface area contributed by atoms with Crippen molar-refractivity contribution in [3.63, 3.8) is 0 Å². The number of sulfonamides is 1. The lowest BCUT2D eigenvalue weighted by Gasteiger charge is -2.33. The second-order valence-electron chi connectivity index (χ2n) is 7.52. The number of anilines is 1. The van der Waals surface area contributed by atoms with E-state index in [0.717, 1.165) is 17.5 Å². The molecule has 0 bridgehead atoms. The molecule has 1 unspecified atom stereocenters. The van der Waals surface area contributed by atoms with E-state index in [1.54, 1.807) is 0 Å². The number of piperidine rings is 1. The number of rotatable bonds is 5. The normalized spacial score (nSPS) is 17.7. The Balaban J connectivity index is 1.87. The Morgan fingerprint density at radius 2 is 1.72 bits per heavy atom. The Morgan fingerprint density at radius 1 is 1.03 bits per heavy atom. The molecule has 1 amide bonds. The van der Waals surface area contributed by atoms with Crippen molar-refractivity contribution in [2.24, 2.45) is 0 Å². The highest BCUT2D eigenvalue weighted by Gasteiger charge is 2.37. The first kappa shape index (κ1) is 21.2. The third-order valence-corrected chi connectivity index (χ3v) is 7.20. The summed E-state index contributed by atoms with van der Waals surface area (Å²) in [6, 6.07) is 10.9. The highest BCUT2D eigenvalue weighted by molar-refractivity contribution is 7.89. The number of nitrogens with one attached hydrogen (secondary N) is 1. The number of hydrogen-bond donors (Lipinski definition) is 1. The van der Waals surface area contributed by atoms with Gasteiger partial charge in [0, 0.05) is 17.8 Å². The van der Waals surface area contributed by atoms with Crippen LogP contribution in [0.3, 0.4) is 0 Å². The van der Waals surface area contributed by atoms with Crippen LogP contribution < -0.4 is 5.32 Å². The predicted octanol–water partition coefficient (Wildman–Crippen LogP) is 3.69. The van der Waals surface area contributed by atoms with Crippen LogP contribution in [0.2, 0.25) is 0 Å². The summed E-state index contributed by atoms with van der Waals surface area (Å²) in [7, 11) is -3.85. The van der Waals surface area contributed by atoms with Crippen molar-refractivity contribution in [1.29, 1.82) is 0 Å². The van der Waals surface area contributed by atoms with Gasteiger partial charge >= 0.3 is 0 Å². The minimum atomic E-state index is -3.85. The van der Waals surface area contributed by atoms with E-state index in [9.17, 15) is 18.0 Å². The van der Waals surface area contributed by atoms with Crippen LogP contribution in [0.4, 0.5) is 5.69 Å². The van der Waals surface area contributed by atoms with Crippen LogP contribution in [0.15, 0.2) is 47.4 Å².